The number of amides is 1. The third-order valence-electron chi connectivity index (χ3n) is 4.01. The number of benzene rings is 1. The highest BCUT2D eigenvalue weighted by atomic mass is 32.1. The van der Waals surface area contributed by atoms with Crippen LogP contribution in [0.2, 0.25) is 0 Å². The molecular weight excluding hydrogens is 324 g/mol. The first-order valence-electron chi connectivity index (χ1n) is 8.06. The molecule has 0 saturated heterocycles. The second-order valence-corrected chi connectivity index (χ2v) is 7.09. The number of aliphatic hydroxyl groups excluding tert-OH is 1. The first-order chi connectivity index (χ1) is 11.6. The zero-order valence-electron chi connectivity index (χ0n) is 13.6. The Morgan fingerprint density at radius 2 is 2.21 bits per heavy atom. The number of nitrogens with one attached hydrogen (secondary N) is 1. The molecule has 3 rings (SSSR count). The van der Waals surface area contributed by atoms with Crippen LogP contribution in [0.1, 0.15) is 11.8 Å². The number of hydrogen-bond donors (Lipinski definition) is 2. The quantitative estimate of drug-likeness (QED) is 0.844. The Labute approximate surface area is 145 Å². The lowest BCUT2D eigenvalue weighted by Crippen LogP contribution is -2.38. The van der Waals surface area contributed by atoms with Gasteiger partial charge in [-0.05, 0) is 23.6 Å². The molecule has 1 aromatic carbocycles. The zero-order chi connectivity index (χ0) is 16.9. The molecule has 1 aliphatic heterocycles. The Morgan fingerprint density at radius 3 is 3.00 bits per heavy atom. The van der Waals surface area contributed by atoms with Gasteiger partial charge in [0.05, 0.1) is 36.6 Å². The highest BCUT2D eigenvalue weighted by Gasteiger charge is 2.25. The lowest BCUT2D eigenvalue weighted by atomic mass is 10.1. The Hall–Kier alpha value is -1.89. The third-order valence-corrected chi connectivity index (χ3v) is 4.86. The summed E-state index contributed by atoms with van der Waals surface area (Å²) in [7, 11) is 0. The summed E-state index contributed by atoms with van der Waals surface area (Å²) in [5.74, 6) is -0.134. The predicted molar refractivity (Wildman–Crippen MR) is 96.4 cm³/mol. The molecule has 5 nitrogen and oxygen atoms in total. The fourth-order valence-electron chi connectivity index (χ4n) is 2.79. The van der Waals surface area contributed by atoms with Crippen LogP contribution in [-0.2, 0) is 16.1 Å². The van der Waals surface area contributed by atoms with Crippen LogP contribution in [0.15, 0.2) is 41.8 Å². The summed E-state index contributed by atoms with van der Waals surface area (Å²) >= 11 is 1.64. The van der Waals surface area contributed by atoms with E-state index < -0.39 is 6.10 Å². The number of carbonyl (C=O) groups excluding carboxylic acids is 1. The molecule has 0 saturated carbocycles. The van der Waals surface area contributed by atoms with Gasteiger partial charge >= 0.3 is 0 Å². The molecule has 1 amide bonds. The second-order valence-electron chi connectivity index (χ2n) is 6.06. The van der Waals surface area contributed by atoms with E-state index in [0.717, 1.165) is 16.3 Å². The topological polar surface area (TPSA) is 61.8 Å². The summed E-state index contributed by atoms with van der Waals surface area (Å²) in [5, 5.41) is 15.3. The fraction of sp³-hybridized carbons (Fsp3) is 0.389. The molecule has 0 aliphatic carbocycles. The number of para-hydroxylation sites is 2. The minimum atomic E-state index is -0.613. The van der Waals surface area contributed by atoms with E-state index in [0.29, 0.717) is 19.7 Å². The van der Waals surface area contributed by atoms with Crippen molar-refractivity contribution < 1.29 is 14.6 Å². The van der Waals surface area contributed by atoms with Gasteiger partial charge in [0.2, 0.25) is 5.91 Å². The lowest BCUT2D eigenvalue weighted by molar-refractivity contribution is -0.119. The van der Waals surface area contributed by atoms with Gasteiger partial charge in [-0.15, -0.1) is 11.3 Å². The first-order valence-corrected chi connectivity index (χ1v) is 8.94. The highest BCUT2D eigenvalue weighted by molar-refractivity contribution is 7.09. The standard InChI is InChI=1S/C18H22N2O3S/c1-13-9-20(17-7-3-2-6-16(17)19-18(13)22)10-14(21)11-23-12-15-5-4-8-24-15/h2-8,13-14,21H,9-12H2,1H3,(H,19,22). The molecule has 2 aromatic rings. The van der Waals surface area contributed by atoms with Gasteiger partial charge in [0.15, 0.2) is 0 Å². The lowest BCUT2D eigenvalue weighted by Gasteiger charge is -2.27. The number of carbonyl (C=O) groups is 1. The molecule has 24 heavy (non-hydrogen) atoms. The highest BCUT2D eigenvalue weighted by Crippen LogP contribution is 2.29. The summed E-state index contributed by atoms with van der Waals surface area (Å²) in [5.41, 5.74) is 1.73. The fourth-order valence-corrected chi connectivity index (χ4v) is 3.43. The number of hydrogen-bond acceptors (Lipinski definition) is 5. The number of thiophene rings is 1. The van der Waals surface area contributed by atoms with Crippen LogP contribution in [0.5, 0.6) is 0 Å². The van der Waals surface area contributed by atoms with Gasteiger partial charge in [-0.3, -0.25) is 4.79 Å². The molecule has 128 valence electrons. The first kappa shape index (κ1) is 17.0. The van der Waals surface area contributed by atoms with E-state index in [1.807, 2.05) is 48.7 Å². The van der Waals surface area contributed by atoms with Crippen LogP contribution < -0.4 is 10.2 Å². The van der Waals surface area contributed by atoms with Gasteiger partial charge in [-0.25, -0.2) is 0 Å². The molecule has 0 spiro atoms. The van der Waals surface area contributed by atoms with E-state index in [1.54, 1.807) is 11.3 Å². The van der Waals surface area contributed by atoms with Crippen molar-refractivity contribution in [1.29, 1.82) is 0 Å². The van der Waals surface area contributed by atoms with Crippen LogP contribution >= 0.6 is 11.3 Å². The molecule has 0 fully saturated rings. The van der Waals surface area contributed by atoms with Crippen molar-refractivity contribution in [2.45, 2.75) is 19.6 Å². The Morgan fingerprint density at radius 1 is 1.38 bits per heavy atom. The number of nitrogens with zero attached hydrogens (tertiary/aromatic N) is 1. The van der Waals surface area contributed by atoms with Crippen molar-refractivity contribution in [1.82, 2.24) is 0 Å². The van der Waals surface area contributed by atoms with Crippen LogP contribution in [0.4, 0.5) is 11.4 Å². The molecule has 2 N–H and O–H groups in total. The maximum Gasteiger partial charge on any atom is 0.229 e. The molecule has 0 radical (unpaired) electrons. The van der Waals surface area contributed by atoms with Gasteiger partial charge in [0, 0.05) is 18.0 Å². The molecule has 2 unspecified atom stereocenters. The maximum atomic E-state index is 12.1. The Kier molecular flexibility index (Phi) is 5.50. The van der Waals surface area contributed by atoms with Crippen LogP contribution in [0, 0.1) is 5.92 Å². The van der Waals surface area contributed by atoms with Crippen molar-refractivity contribution in [3.05, 3.63) is 46.7 Å². The number of anilines is 2. The van der Waals surface area contributed by atoms with E-state index in [9.17, 15) is 9.90 Å². The summed E-state index contributed by atoms with van der Waals surface area (Å²) in [6.07, 6.45) is -0.613. The van der Waals surface area contributed by atoms with Crippen molar-refractivity contribution in [2.24, 2.45) is 5.92 Å². The summed E-state index contributed by atoms with van der Waals surface area (Å²) in [6.45, 7) is 3.69. The monoisotopic (exact) mass is 346 g/mol. The van der Waals surface area contributed by atoms with E-state index >= 15 is 0 Å². The summed E-state index contributed by atoms with van der Waals surface area (Å²) in [4.78, 5) is 15.3. The number of β-amino-alcohol motifs (C(OH)–C–C–N with tert-alkyl or cyclic N) is 1. The molecular formula is C18H22N2O3S. The minimum absolute atomic E-state index is 0.00776. The summed E-state index contributed by atoms with van der Waals surface area (Å²) < 4.78 is 5.60. The Bertz CT molecular complexity index is 675. The normalized spacial score (nSPS) is 18.7. The van der Waals surface area contributed by atoms with Crippen molar-refractivity contribution in [2.75, 3.05) is 29.9 Å². The van der Waals surface area contributed by atoms with Gasteiger partial charge < -0.3 is 20.1 Å². The van der Waals surface area contributed by atoms with Crippen molar-refractivity contribution >= 4 is 28.6 Å². The average Bonchev–Trinajstić information content (AvgIpc) is 3.04. The van der Waals surface area contributed by atoms with Crippen molar-refractivity contribution in [3.63, 3.8) is 0 Å². The predicted octanol–water partition coefficient (Wildman–Crippen LogP) is 2.72. The smallest absolute Gasteiger partial charge is 0.229 e. The van der Waals surface area contributed by atoms with E-state index in [-0.39, 0.29) is 18.4 Å². The van der Waals surface area contributed by atoms with Crippen molar-refractivity contribution in [3.8, 4) is 0 Å². The number of fused-ring (bicyclic) bond motifs is 1. The molecule has 1 aromatic heterocycles. The van der Waals surface area contributed by atoms with Gasteiger partial charge in [0.25, 0.3) is 0 Å². The van der Waals surface area contributed by atoms with E-state index in [2.05, 4.69) is 10.2 Å². The van der Waals surface area contributed by atoms with Crippen LogP contribution in [0.3, 0.4) is 0 Å². The largest absolute Gasteiger partial charge is 0.389 e. The minimum Gasteiger partial charge on any atom is -0.389 e. The van der Waals surface area contributed by atoms with Crippen LogP contribution in [-0.4, -0.2) is 36.8 Å². The zero-order valence-corrected chi connectivity index (χ0v) is 14.5. The van der Waals surface area contributed by atoms with Crippen LogP contribution in [0.25, 0.3) is 0 Å². The molecule has 2 atom stereocenters. The number of rotatable bonds is 6. The number of aliphatic hydroxyl groups is 1. The Balaban J connectivity index is 1.61. The molecule has 1 aliphatic rings. The van der Waals surface area contributed by atoms with Gasteiger partial charge in [0.1, 0.15) is 0 Å². The number of ether oxygens (including phenoxy) is 1. The van der Waals surface area contributed by atoms with Gasteiger partial charge in [-0.2, -0.15) is 0 Å². The molecule has 6 heteroatoms. The summed E-state index contributed by atoms with van der Waals surface area (Å²) in [6, 6.07) is 11.7. The van der Waals surface area contributed by atoms with Gasteiger partial charge in [-0.1, -0.05) is 25.1 Å². The van der Waals surface area contributed by atoms with E-state index in [4.69, 9.17) is 4.74 Å². The maximum absolute atomic E-state index is 12.1. The molecule has 2 heterocycles. The van der Waals surface area contributed by atoms with E-state index in [1.165, 1.54) is 0 Å². The SMILES string of the molecule is CC1CN(CC(O)COCc2cccs2)c2ccccc2NC1=O. The third kappa shape index (κ3) is 4.14. The second kappa shape index (κ2) is 7.79. The average molecular weight is 346 g/mol. The molecule has 0 bridgehead atoms.